The second kappa shape index (κ2) is 6.04. The number of thiophene rings is 1. The standard InChI is InChI=1S/C12H16ClN3O2S/c1-15(2)6-5-14-11-9-7-8(13)3-4-10(9)19-12(11)16(17)18/h3-4,7,14,16-17H,5-6H2,1-2H3. The van der Waals surface area contributed by atoms with Crippen molar-refractivity contribution in [2.24, 2.45) is 0 Å². The topological polar surface area (TPSA) is 63.0 Å². The number of nitrogens with zero attached hydrogens (tertiary/aromatic N) is 1. The highest BCUT2D eigenvalue weighted by Crippen LogP contribution is 2.38. The van der Waals surface area contributed by atoms with Crippen molar-refractivity contribution in [3.05, 3.63) is 28.4 Å². The van der Waals surface area contributed by atoms with Gasteiger partial charge in [-0.1, -0.05) is 22.9 Å². The van der Waals surface area contributed by atoms with Crippen LogP contribution in [-0.4, -0.2) is 37.3 Å². The van der Waals surface area contributed by atoms with Crippen molar-refractivity contribution in [2.45, 2.75) is 0 Å². The molecule has 0 aliphatic carbocycles. The molecule has 0 bridgehead atoms. The van der Waals surface area contributed by atoms with Crippen LogP contribution < -0.4 is 10.5 Å². The molecule has 0 spiro atoms. The highest BCUT2D eigenvalue weighted by atomic mass is 35.5. The zero-order chi connectivity index (χ0) is 14.0. The zero-order valence-corrected chi connectivity index (χ0v) is 12.3. The van der Waals surface area contributed by atoms with Gasteiger partial charge < -0.3 is 15.4 Å². The monoisotopic (exact) mass is 301 g/mol. The molecule has 5 nitrogen and oxygen atoms in total. The van der Waals surface area contributed by atoms with Crippen LogP contribution in [-0.2, 0) is 0 Å². The minimum atomic E-state index is -0.912. The summed E-state index contributed by atoms with van der Waals surface area (Å²) in [5, 5.41) is 24.7. The van der Waals surface area contributed by atoms with Crippen LogP contribution in [0.3, 0.4) is 0 Å². The van der Waals surface area contributed by atoms with Crippen molar-refractivity contribution < 1.29 is 10.4 Å². The van der Waals surface area contributed by atoms with Crippen molar-refractivity contribution in [3.8, 4) is 0 Å². The molecule has 0 radical (unpaired) electrons. The third-order valence-corrected chi connectivity index (χ3v) is 4.10. The third-order valence-electron chi connectivity index (χ3n) is 2.71. The zero-order valence-electron chi connectivity index (χ0n) is 10.7. The Morgan fingerprint density at radius 1 is 1.47 bits per heavy atom. The van der Waals surface area contributed by atoms with Gasteiger partial charge >= 0.3 is 0 Å². The second-order valence-corrected chi connectivity index (χ2v) is 5.97. The predicted octanol–water partition coefficient (Wildman–Crippen LogP) is 1.93. The minimum absolute atomic E-state index is 0.330. The number of fused-ring (bicyclic) bond motifs is 1. The number of anilines is 1. The number of likely N-dealkylation sites (N-methyl/N-ethyl adjacent to an activating group) is 1. The Hall–Kier alpha value is -0.890. The Labute approximate surface area is 120 Å². The van der Waals surface area contributed by atoms with E-state index in [1.807, 2.05) is 25.1 Å². The highest BCUT2D eigenvalue weighted by Gasteiger charge is 2.17. The molecule has 1 heterocycles. The lowest BCUT2D eigenvalue weighted by Crippen LogP contribution is -2.98. The fourth-order valence-electron chi connectivity index (χ4n) is 1.80. The molecule has 2 aromatic rings. The summed E-state index contributed by atoms with van der Waals surface area (Å²) in [5.74, 6) is 0. The summed E-state index contributed by atoms with van der Waals surface area (Å²) in [4.78, 5) is 2.04. The molecule has 7 heteroatoms. The molecule has 0 saturated heterocycles. The van der Waals surface area contributed by atoms with Gasteiger partial charge in [0, 0.05) is 28.2 Å². The van der Waals surface area contributed by atoms with Gasteiger partial charge in [-0.05, 0) is 32.3 Å². The van der Waals surface area contributed by atoms with E-state index in [0.717, 1.165) is 16.6 Å². The van der Waals surface area contributed by atoms with Crippen molar-refractivity contribution >= 4 is 43.7 Å². The fourth-order valence-corrected chi connectivity index (χ4v) is 2.97. The van der Waals surface area contributed by atoms with Crippen molar-refractivity contribution in [2.75, 3.05) is 32.5 Å². The van der Waals surface area contributed by atoms with Crippen LogP contribution in [0.2, 0.25) is 5.02 Å². The SMILES string of the molecule is CN(C)CCNc1c([NH+]([O-])O)sc2ccc(Cl)cc12. The molecule has 0 aliphatic heterocycles. The summed E-state index contributed by atoms with van der Waals surface area (Å²) >= 11 is 7.25. The summed E-state index contributed by atoms with van der Waals surface area (Å²) in [7, 11) is 3.95. The third kappa shape index (κ3) is 3.36. The highest BCUT2D eigenvalue weighted by molar-refractivity contribution is 7.22. The molecule has 1 aromatic heterocycles. The number of rotatable bonds is 5. The number of benzene rings is 1. The summed E-state index contributed by atoms with van der Waals surface area (Å²) in [6.07, 6.45) is 0. The average Bonchev–Trinajstić information content (AvgIpc) is 2.67. The van der Waals surface area contributed by atoms with Crippen molar-refractivity contribution in [1.82, 2.24) is 4.90 Å². The molecular formula is C12H16ClN3O2S. The van der Waals surface area contributed by atoms with Crippen LogP contribution in [0.4, 0.5) is 10.7 Å². The lowest BCUT2D eigenvalue weighted by molar-refractivity contribution is -0.988. The molecule has 0 saturated carbocycles. The lowest BCUT2D eigenvalue weighted by atomic mass is 10.2. The Bertz CT molecular complexity index is 571. The maximum Gasteiger partial charge on any atom is 0.244 e. The van der Waals surface area contributed by atoms with Crippen LogP contribution >= 0.6 is 22.9 Å². The molecule has 19 heavy (non-hydrogen) atoms. The summed E-state index contributed by atoms with van der Waals surface area (Å²) in [6.45, 7) is 1.52. The molecule has 0 amide bonds. The Kier molecular flexibility index (Phi) is 4.62. The molecular weight excluding hydrogens is 286 g/mol. The normalized spacial score (nSPS) is 13.2. The second-order valence-electron chi connectivity index (χ2n) is 4.48. The van der Waals surface area contributed by atoms with E-state index in [1.54, 1.807) is 12.1 Å². The molecule has 104 valence electrons. The summed E-state index contributed by atoms with van der Waals surface area (Å²) in [5.41, 5.74) is 0.664. The number of hydrogen-bond acceptors (Lipinski definition) is 5. The van der Waals surface area contributed by atoms with E-state index in [4.69, 9.17) is 11.6 Å². The maximum atomic E-state index is 11.3. The van der Waals surface area contributed by atoms with Crippen LogP contribution in [0.1, 0.15) is 0 Å². The van der Waals surface area contributed by atoms with Gasteiger partial charge in [-0.2, -0.15) is 5.23 Å². The molecule has 0 aliphatic rings. The van der Waals surface area contributed by atoms with E-state index < -0.39 is 5.23 Å². The van der Waals surface area contributed by atoms with E-state index in [-0.39, 0.29) is 0 Å². The van der Waals surface area contributed by atoms with Crippen molar-refractivity contribution in [3.63, 3.8) is 0 Å². The Morgan fingerprint density at radius 3 is 2.84 bits per heavy atom. The van der Waals surface area contributed by atoms with Gasteiger partial charge in [0.25, 0.3) is 0 Å². The first-order valence-electron chi connectivity index (χ1n) is 5.83. The van der Waals surface area contributed by atoms with Gasteiger partial charge in [-0.15, -0.1) is 0 Å². The Balaban J connectivity index is 2.36. The quantitative estimate of drug-likeness (QED) is 0.739. The van der Waals surface area contributed by atoms with Gasteiger partial charge in [0.05, 0.1) is 0 Å². The summed E-state index contributed by atoms with van der Waals surface area (Å²) in [6, 6.07) is 5.43. The van der Waals surface area contributed by atoms with Crippen molar-refractivity contribution in [1.29, 1.82) is 0 Å². The van der Waals surface area contributed by atoms with Gasteiger partial charge in [-0.3, -0.25) is 0 Å². The van der Waals surface area contributed by atoms with Crippen LogP contribution in [0.15, 0.2) is 18.2 Å². The Morgan fingerprint density at radius 2 is 2.21 bits per heavy atom. The minimum Gasteiger partial charge on any atom is -0.594 e. The first-order chi connectivity index (χ1) is 8.99. The maximum absolute atomic E-state index is 11.3. The van der Waals surface area contributed by atoms with E-state index >= 15 is 0 Å². The van der Waals surface area contributed by atoms with Crippen LogP contribution in [0, 0.1) is 5.21 Å². The predicted molar refractivity (Wildman–Crippen MR) is 79.7 cm³/mol. The number of halogens is 1. The van der Waals surface area contributed by atoms with E-state index in [1.165, 1.54) is 11.3 Å². The van der Waals surface area contributed by atoms with Gasteiger partial charge in [-0.25, -0.2) is 5.21 Å². The fraction of sp³-hybridized carbons (Fsp3) is 0.333. The largest absolute Gasteiger partial charge is 0.594 e. The molecule has 2 rings (SSSR count). The first kappa shape index (κ1) is 14.5. The van der Waals surface area contributed by atoms with Gasteiger partial charge in [0.15, 0.2) is 0 Å². The van der Waals surface area contributed by atoms with Gasteiger partial charge in [0.1, 0.15) is 5.69 Å². The number of hydrogen-bond donors (Lipinski definition) is 3. The van der Waals surface area contributed by atoms with E-state index in [0.29, 0.717) is 22.3 Å². The van der Waals surface area contributed by atoms with Crippen LogP contribution in [0.25, 0.3) is 10.1 Å². The molecule has 1 aromatic carbocycles. The lowest BCUT2D eigenvalue weighted by Gasteiger charge is -2.14. The molecule has 3 N–H and O–H groups in total. The van der Waals surface area contributed by atoms with Gasteiger partial charge in [0.2, 0.25) is 5.00 Å². The number of nitrogens with one attached hydrogen (secondary N) is 2. The summed E-state index contributed by atoms with van der Waals surface area (Å²) < 4.78 is 0.925. The smallest absolute Gasteiger partial charge is 0.244 e. The van der Waals surface area contributed by atoms with E-state index in [9.17, 15) is 10.4 Å². The molecule has 1 unspecified atom stereocenters. The van der Waals surface area contributed by atoms with Crippen LogP contribution in [0.5, 0.6) is 0 Å². The first-order valence-corrected chi connectivity index (χ1v) is 7.02. The van der Waals surface area contributed by atoms with E-state index in [2.05, 4.69) is 5.32 Å². The molecule has 1 atom stereocenters. The average molecular weight is 302 g/mol. The molecule has 0 fully saturated rings. The number of quaternary nitrogens is 1.